The molecule has 1 atom stereocenters. The van der Waals surface area contributed by atoms with Crippen molar-refractivity contribution >= 4 is 22.7 Å². The Kier molecular flexibility index (Phi) is 3.51. The molecular formula is C17H15N3O3. The average Bonchev–Trinajstić information content (AvgIpc) is 3.25. The van der Waals surface area contributed by atoms with E-state index < -0.39 is 0 Å². The Morgan fingerprint density at radius 3 is 2.87 bits per heavy atom. The summed E-state index contributed by atoms with van der Waals surface area (Å²) in [6.45, 7) is 0.647. The van der Waals surface area contributed by atoms with Crippen LogP contribution >= 0.6 is 0 Å². The third-order valence-electron chi connectivity index (χ3n) is 3.81. The number of pyridine rings is 1. The molecule has 0 aliphatic carbocycles. The highest BCUT2D eigenvalue weighted by atomic mass is 16.5. The number of nitrogens with zero attached hydrogens (tertiary/aromatic N) is 2. The SMILES string of the molecule is O=C(Nc1ccc2nc(-c3ccncc3)oc2c1)C1CCCO1. The lowest BCUT2D eigenvalue weighted by atomic mass is 10.2. The van der Waals surface area contributed by atoms with Gasteiger partial charge in [0.2, 0.25) is 5.89 Å². The van der Waals surface area contributed by atoms with Gasteiger partial charge in [-0.15, -0.1) is 0 Å². The van der Waals surface area contributed by atoms with Crippen LogP contribution in [0.1, 0.15) is 12.8 Å². The topological polar surface area (TPSA) is 77.3 Å². The Morgan fingerprint density at radius 1 is 1.22 bits per heavy atom. The molecule has 0 radical (unpaired) electrons. The van der Waals surface area contributed by atoms with Gasteiger partial charge in [-0.1, -0.05) is 0 Å². The van der Waals surface area contributed by atoms with Crippen LogP contribution in [0.4, 0.5) is 5.69 Å². The molecule has 6 nitrogen and oxygen atoms in total. The standard InChI is InChI=1S/C17H15N3O3/c21-16(14-2-1-9-22-14)19-12-3-4-13-15(10-12)23-17(20-13)11-5-7-18-8-6-11/h3-8,10,14H,1-2,9H2,(H,19,21). The Bertz CT molecular complexity index is 839. The molecule has 1 fully saturated rings. The minimum atomic E-state index is -0.354. The quantitative estimate of drug-likeness (QED) is 0.804. The first-order chi connectivity index (χ1) is 11.3. The number of rotatable bonds is 3. The fraction of sp³-hybridized carbons (Fsp3) is 0.235. The lowest BCUT2D eigenvalue weighted by Crippen LogP contribution is -2.26. The van der Waals surface area contributed by atoms with Gasteiger partial charge in [0.15, 0.2) is 5.58 Å². The molecular weight excluding hydrogens is 294 g/mol. The first-order valence-corrected chi connectivity index (χ1v) is 7.53. The van der Waals surface area contributed by atoms with Crippen LogP contribution in [-0.4, -0.2) is 28.6 Å². The summed E-state index contributed by atoms with van der Waals surface area (Å²) in [7, 11) is 0. The van der Waals surface area contributed by atoms with Crippen molar-refractivity contribution in [3.63, 3.8) is 0 Å². The Balaban J connectivity index is 1.59. The molecule has 0 spiro atoms. The molecule has 0 saturated carbocycles. The van der Waals surface area contributed by atoms with Crippen LogP contribution in [0.3, 0.4) is 0 Å². The zero-order chi connectivity index (χ0) is 15.6. The minimum absolute atomic E-state index is 0.115. The molecule has 6 heteroatoms. The first kappa shape index (κ1) is 13.9. The fourth-order valence-electron chi connectivity index (χ4n) is 2.63. The number of fused-ring (bicyclic) bond motifs is 1. The van der Waals surface area contributed by atoms with Crippen molar-refractivity contribution in [1.82, 2.24) is 9.97 Å². The minimum Gasteiger partial charge on any atom is -0.436 e. The molecule has 0 bridgehead atoms. The van der Waals surface area contributed by atoms with Crippen LogP contribution in [0.5, 0.6) is 0 Å². The van der Waals surface area contributed by atoms with E-state index in [0.717, 1.165) is 23.9 Å². The molecule has 2 aromatic heterocycles. The van der Waals surface area contributed by atoms with Gasteiger partial charge < -0.3 is 14.5 Å². The van der Waals surface area contributed by atoms with Crippen LogP contribution in [-0.2, 0) is 9.53 Å². The predicted octanol–water partition coefficient (Wildman–Crippen LogP) is 3.01. The zero-order valence-electron chi connectivity index (χ0n) is 12.4. The van der Waals surface area contributed by atoms with Gasteiger partial charge in [-0.05, 0) is 37.1 Å². The van der Waals surface area contributed by atoms with E-state index >= 15 is 0 Å². The molecule has 1 unspecified atom stereocenters. The Morgan fingerprint density at radius 2 is 2.09 bits per heavy atom. The first-order valence-electron chi connectivity index (χ1n) is 7.53. The zero-order valence-corrected chi connectivity index (χ0v) is 12.4. The van der Waals surface area contributed by atoms with E-state index in [9.17, 15) is 4.79 Å². The lowest BCUT2D eigenvalue weighted by molar-refractivity contribution is -0.124. The number of nitrogens with one attached hydrogen (secondary N) is 1. The lowest BCUT2D eigenvalue weighted by Gasteiger charge is -2.09. The molecule has 3 aromatic rings. The highest BCUT2D eigenvalue weighted by molar-refractivity contribution is 5.95. The maximum Gasteiger partial charge on any atom is 0.253 e. The van der Waals surface area contributed by atoms with E-state index in [4.69, 9.17) is 9.15 Å². The molecule has 1 aliphatic heterocycles. The molecule has 1 amide bonds. The number of carbonyl (C=O) groups is 1. The molecule has 1 N–H and O–H groups in total. The van der Waals surface area contributed by atoms with Crippen molar-refractivity contribution in [2.45, 2.75) is 18.9 Å². The number of hydrogen-bond acceptors (Lipinski definition) is 5. The van der Waals surface area contributed by atoms with E-state index in [1.54, 1.807) is 18.5 Å². The van der Waals surface area contributed by atoms with E-state index in [-0.39, 0.29) is 12.0 Å². The second-order valence-corrected chi connectivity index (χ2v) is 5.43. The van der Waals surface area contributed by atoms with E-state index in [1.165, 1.54) is 0 Å². The number of hydrogen-bond donors (Lipinski definition) is 1. The number of anilines is 1. The summed E-state index contributed by atoms with van der Waals surface area (Å²) in [5.41, 5.74) is 2.91. The molecule has 23 heavy (non-hydrogen) atoms. The van der Waals surface area contributed by atoms with Gasteiger partial charge in [0.05, 0.1) is 0 Å². The van der Waals surface area contributed by atoms with Crippen LogP contribution in [0.15, 0.2) is 47.1 Å². The van der Waals surface area contributed by atoms with Crippen molar-refractivity contribution < 1.29 is 13.9 Å². The smallest absolute Gasteiger partial charge is 0.253 e. The molecule has 1 saturated heterocycles. The van der Waals surface area contributed by atoms with Crippen LogP contribution < -0.4 is 5.32 Å². The highest BCUT2D eigenvalue weighted by Crippen LogP contribution is 2.26. The number of amides is 1. The third kappa shape index (κ3) is 2.80. The molecule has 1 aromatic carbocycles. The predicted molar refractivity (Wildman–Crippen MR) is 84.8 cm³/mol. The third-order valence-corrected chi connectivity index (χ3v) is 3.81. The average molecular weight is 309 g/mol. The number of oxazole rings is 1. The van der Waals surface area contributed by atoms with Crippen molar-refractivity contribution in [2.75, 3.05) is 11.9 Å². The summed E-state index contributed by atoms with van der Waals surface area (Å²) in [6, 6.07) is 9.10. The maximum absolute atomic E-state index is 12.1. The molecule has 4 rings (SSSR count). The van der Waals surface area contributed by atoms with Gasteiger partial charge in [0.25, 0.3) is 5.91 Å². The Hall–Kier alpha value is -2.73. The van der Waals surface area contributed by atoms with Gasteiger partial charge in [-0.2, -0.15) is 0 Å². The van der Waals surface area contributed by atoms with E-state index in [0.29, 0.717) is 23.8 Å². The normalized spacial score (nSPS) is 17.5. The monoisotopic (exact) mass is 309 g/mol. The summed E-state index contributed by atoms with van der Waals surface area (Å²) >= 11 is 0. The van der Waals surface area contributed by atoms with Crippen molar-refractivity contribution in [3.8, 4) is 11.5 Å². The maximum atomic E-state index is 12.1. The van der Waals surface area contributed by atoms with Gasteiger partial charge in [0.1, 0.15) is 11.6 Å². The largest absolute Gasteiger partial charge is 0.436 e. The van der Waals surface area contributed by atoms with Crippen molar-refractivity contribution in [3.05, 3.63) is 42.7 Å². The van der Waals surface area contributed by atoms with E-state index in [2.05, 4.69) is 15.3 Å². The number of benzene rings is 1. The molecule has 1 aliphatic rings. The van der Waals surface area contributed by atoms with Crippen molar-refractivity contribution in [2.24, 2.45) is 0 Å². The van der Waals surface area contributed by atoms with Gasteiger partial charge in [-0.3, -0.25) is 9.78 Å². The summed E-state index contributed by atoms with van der Waals surface area (Å²) < 4.78 is 11.2. The van der Waals surface area contributed by atoms with Gasteiger partial charge >= 0.3 is 0 Å². The number of carbonyl (C=O) groups excluding carboxylic acids is 1. The fourth-order valence-corrected chi connectivity index (χ4v) is 2.63. The molecule has 3 heterocycles. The van der Waals surface area contributed by atoms with Gasteiger partial charge in [0, 0.05) is 36.3 Å². The van der Waals surface area contributed by atoms with Crippen LogP contribution in [0, 0.1) is 0 Å². The summed E-state index contributed by atoms with van der Waals surface area (Å²) in [5.74, 6) is 0.417. The van der Waals surface area contributed by atoms with Gasteiger partial charge in [-0.25, -0.2) is 4.98 Å². The second kappa shape index (κ2) is 5.81. The molecule has 116 valence electrons. The summed E-state index contributed by atoms with van der Waals surface area (Å²) in [4.78, 5) is 20.5. The Labute approximate surface area is 132 Å². The second-order valence-electron chi connectivity index (χ2n) is 5.43. The van der Waals surface area contributed by atoms with Crippen LogP contribution in [0.2, 0.25) is 0 Å². The highest BCUT2D eigenvalue weighted by Gasteiger charge is 2.23. The summed E-state index contributed by atoms with van der Waals surface area (Å²) in [6.07, 6.45) is 4.72. The van der Waals surface area contributed by atoms with Crippen LogP contribution in [0.25, 0.3) is 22.6 Å². The van der Waals surface area contributed by atoms with E-state index in [1.807, 2.05) is 24.3 Å². The number of aromatic nitrogens is 2. The summed E-state index contributed by atoms with van der Waals surface area (Å²) in [5, 5.41) is 2.86. The van der Waals surface area contributed by atoms with Crippen molar-refractivity contribution in [1.29, 1.82) is 0 Å². The number of ether oxygens (including phenoxy) is 1.